The Bertz CT molecular complexity index is 252. The Morgan fingerprint density at radius 1 is 1.64 bits per heavy atom. The van der Waals surface area contributed by atoms with Gasteiger partial charge in [-0.05, 0) is 18.8 Å². The van der Waals surface area contributed by atoms with Crippen molar-refractivity contribution in [1.82, 2.24) is 15.3 Å². The Kier molecular flexibility index (Phi) is 3.19. The summed E-state index contributed by atoms with van der Waals surface area (Å²) in [5, 5.41) is 3.55. The molecule has 0 aliphatic heterocycles. The number of H-pyrrole nitrogens is 1. The first-order valence-corrected chi connectivity index (χ1v) is 5.60. The largest absolute Gasteiger partial charge is 0.348 e. The van der Waals surface area contributed by atoms with Crippen LogP contribution in [-0.4, -0.2) is 16.0 Å². The van der Waals surface area contributed by atoms with Gasteiger partial charge in [-0.2, -0.15) is 0 Å². The maximum atomic E-state index is 4.20. The van der Waals surface area contributed by atoms with Crippen molar-refractivity contribution in [1.29, 1.82) is 0 Å². The first-order valence-electron chi connectivity index (χ1n) is 5.60. The Morgan fingerprint density at radius 3 is 3.07 bits per heavy atom. The molecule has 0 radical (unpaired) electrons. The molecule has 1 aliphatic rings. The number of aromatic nitrogens is 2. The fourth-order valence-electron chi connectivity index (χ4n) is 1.79. The summed E-state index contributed by atoms with van der Waals surface area (Å²) < 4.78 is 0. The lowest BCUT2D eigenvalue weighted by Crippen LogP contribution is -2.28. The summed E-state index contributed by atoms with van der Waals surface area (Å²) >= 11 is 0. The Hall–Kier alpha value is -0.830. The predicted molar refractivity (Wildman–Crippen MR) is 56.8 cm³/mol. The molecule has 0 bridgehead atoms. The van der Waals surface area contributed by atoms with Crippen LogP contribution in [0.1, 0.15) is 38.4 Å². The number of rotatable bonds is 6. The molecule has 3 nitrogen and oxygen atoms in total. The highest BCUT2D eigenvalue weighted by Gasteiger charge is 2.24. The molecular weight excluding hydrogens is 174 g/mol. The van der Waals surface area contributed by atoms with E-state index in [2.05, 4.69) is 22.2 Å². The second kappa shape index (κ2) is 4.60. The maximum Gasteiger partial charge on any atom is 0.120 e. The lowest BCUT2D eigenvalue weighted by atomic mass is 10.1. The maximum absolute atomic E-state index is 4.20. The number of imidazole rings is 1. The highest BCUT2D eigenvalue weighted by atomic mass is 15.0. The fourth-order valence-corrected chi connectivity index (χ4v) is 1.79. The van der Waals surface area contributed by atoms with Gasteiger partial charge in [0.1, 0.15) is 5.82 Å². The Labute approximate surface area is 85.3 Å². The molecule has 1 fully saturated rings. The van der Waals surface area contributed by atoms with Crippen LogP contribution in [0.5, 0.6) is 0 Å². The van der Waals surface area contributed by atoms with Gasteiger partial charge in [-0.1, -0.05) is 19.8 Å². The van der Waals surface area contributed by atoms with Crippen LogP contribution in [0.15, 0.2) is 12.4 Å². The summed E-state index contributed by atoms with van der Waals surface area (Å²) in [7, 11) is 0. The lowest BCUT2D eigenvalue weighted by Gasteiger charge is -2.15. The molecular formula is C11H19N3. The van der Waals surface area contributed by atoms with Crippen LogP contribution < -0.4 is 5.32 Å². The first kappa shape index (κ1) is 9.71. The number of hydrogen-bond donors (Lipinski definition) is 2. The average Bonchev–Trinajstić information content (AvgIpc) is 2.86. The molecule has 0 aromatic carbocycles. The molecule has 1 saturated carbocycles. The highest BCUT2D eigenvalue weighted by Crippen LogP contribution is 2.34. The predicted octanol–water partition coefficient (Wildman–Crippen LogP) is 2.08. The molecule has 1 heterocycles. The molecule has 78 valence electrons. The minimum absolute atomic E-state index is 0.674. The van der Waals surface area contributed by atoms with Crippen molar-refractivity contribution in [2.45, 2.75) is 45.2 Å². The molecule has 0 saturated heterocycles. The van der Waals surface area contributed by atoms with Gasteiger partial charge in [0.05, 0.1) is 6.54 Å². The Morgan fingerprint density at radius 2 is 2.50 bits per heavy atom. The summed E-state index contributed by atoms with van der Waals surface area (Å²) in [4.78, 5) is 7.31. The molecule has 1 aromatic rings. The van der Waals surface area contributed by atoms with Crippen molar-refractivity contribution in [2.75, 3.05) is 0 Å². The highest BCUT2D eigenvalue weighted by molar-refractivity contribution is 4.87. The topological polar surface area (TPSA) is 40.7 Å². The molecule has 1 atom stereocenters. The lowest BCUT2D eigenvalue weighted by molar-refractivity contribution is 0.440. The number of nitrogens with one attached hydrogen (secondary N) is 2. The third-order valence-corrected chi connectivity index (χ3v) is 2.92. The van der Waals surface area contributed by atoms with Gasteiger partial charge < -0.3 is 10.3 Å². The van der Waals surface area contributed by atoms with Gasteiger partial charge in [0.25, 0.3) is 0 Å². The van der Waals surface area contributed by atoms with E-state index < -0.39 is 0 Å². The summed E-state index contributed by atoms with van der Waals surface area (Å²) in [5.41, 5.74) is 0. The second-order valence-corrected chi connectivity index (χ2v) is 4.20. The van der Waals surface area contributed by atoms with Crippen molar-refractivity contribution < 1.29 is 0 Å². The number of hydrogen-bond acceptors (Lipinski definition) is 2. The van der Waals surface area contributed by atoms with E-state index in [1.807, 2.05) is 6.20 Å². The van der Waals surface area contributed by atoms with Crippen LogP contribution in [-0.2, 0) is 6.54 Å². The van der Waals surface area contributed by atoms with Crippen LogP contribution in [0.3, 0.4) is 0 Å². The molecule has 0 amide bonds. The summed E-state index contributed by atoms with van der Waals surface area (Å²) in [6, 6.07) is 0.674. The van der Waals surface area contributed by atoms with Gasteiger partial charge in [-0.15, -0.1) is 0 Å². The summed E-state index contributed by atoms with van der Waals surface area (Å²) in [6.45, 7) is 3.13. The molecule has 14 heavy (non-hydrogen) atoms. The standard InChI is InChI=1S/C11H19N3/c1-2-10(7-9-3-4-9)14-8-11-12-5-6-13-11/h5-6,9-10,14H,2-4,7-8H2,1H3,(H,12,13). The molecule has 1 aliphatic carbocycles. The third kappa shape index (κ3) is 2.84. The van der Waals surface area contributed by atoms with Crippen LogP contribution >= 0.6 is 0 Å². The summed E-state index contributed by atoms with van der Waals surface area (Å²) in [5.74, 6) is 2.04. The first-order chi connectivity index (χ1) is 6.88. The minimum Gasteiger partial charge on any atom is -0.348 e. The Balaban J connectivity index is 1.71. The summed E-state index contributed by atoms with van der Waals surface area (Å²) in [6.07, 6.45) is 9.13. The molecule has 1 aromatic heterocycles. The van der Waals surface area contributed by atoms with E-state index in [0.717, 1.165) is 18.3 Å². The zero-order valence-electron chi connectivity index (χ0n) is 8.79. The van der Waals surface area contributed by atoms with Crippen molar-refractivity contribution in [2.24, 2.45) is 5.92 Å². The SMILES string of the molecule is CCC(CC1CC1)NCc1ncc[nH]1. The second-order valence-electron chi connectivity index (χ2n) is 4.20. The van der Waals surface area contributed by atoms with Gasteiger partial charge in [0.2, 0.25) is 0 Å². The van der Waals surface area contributed by atoms with Crippen LogP contribution in [0, 0.1) is 5.92 Å². The monoisotopic (exact) mass is 193 g/mol. The van der Waals surface area contributed by atoms with E-state index in [1.54, 1.807) is 6.20 Å². The van der Waals surface area contributed by atoms with Crippen LogP contribution in [0.25, 0.3) is 0 Å². The molecule has 3 heteroatoms. The average molecular weight is 193 g/mol. The smallest absolute Gasteiger partial charge is 0.120 e. The van der Waals surface area contributed by atoms with E-state index in [0.29, 0.717) is 6.04 Å². The third-order valence-electron chi connectivity index (χ3n) is 2.92. The molecule has 0 spiro atoms. The van der Waals surface area contributed by atoms with Gasteiger partial charge in [0.15, 0.2) is 0 Å². The molecule has 2 rings (SSSR count). The molecule has 1 unspecified atom stereocenters. The number of aromatic amines is 1. The van der Waals surface area contributed by atoms with E-state index in [9.17, 15) is 0 Å². The van der Waals surface area contributed by atoms with E-state index in [4.69, 9.17) is 0 Å². The van der Waals surface area contributed by atoms with Gasteiger partial charge in [0, 0.05) is 18.4 Å². The van der Waals surface area contributed by atoms with E-state index >= 15 is 0 Å². The van der Waals surface area contributed by atoms with Crippen molar-refractivity contribution in [3.8, 4) is 0 Å². The zero-order chi connectivity index (χ0) is 9.80. The zero-order valence-corrected chi connectivity index (χ0v) is 8.79. The van der Waals surface area contributed by atoms with Crippen molar-refractivity contribution in [3.05, 3.63) is 18.2 Å². The fraction of sp³-hybridized carbons (Fsp3) is 0.727. The van der Waals surface area contributed by atoms with Gasteiger partial charge in [-0.25, -0.2) is 4.98 Å². The molecule has 2 N–H and O–H groups in total. The van der Waals surface area contributed by atoms with E-state index in [1.165, 1.54) is 25.7 Å². The van der Waals surface area contributed by atoms with Gasteiger partial charge in [-0.3, -0.25) is 0 Å². The van der Waals surface area contributed by atoms with E-state index in [-0.39, 0.29) is 0 Å². The van der Waals surface area contributed by atoms with Gasteiger partial charge >= 0.3 is 0 Å². The minimum atomic E-state index is 0.674. The quantitative estimate of drug-likeness (QED) is 0.726. The van der Waals surface area contributed by atoms with Crippen LogP contribution in [0.4, 0.5) is 0 Å². The number of nitrogens with zero attached hydrogens (tertiary/aromatic N) is 1. The van der Waals surface area contributed by atoms with Crippen molar-refractivity contribution >= 4 is 0 Å². The van der Waals surface area contributed by atoms with Crippen LogP contribution in [0.2, 0.25) is 0 Å². The van der Waals surface area contributed by atoms with Crippen molar-refractivity contribution in [3.63, 3.8) is 0 Å². The normalized spacial score (nSPS) is 18.4.